The van der Waals surface area contributed by atoms with Crippen molar-refractivity contribution >= 4 is 17.6 Å². The molecule has 0 atom stereocenters. The number of rotatable bonds is 3. The van der Waals surface area contributed by atoms with Crippen molar-refractivity contribution in [2.45, 2.75) is 19.4 Å². The van der Waals surface area contributed by atoms with E-state index in [2.05, 4.69) is 9.97 Å². The number of aldehydes is 1. The molecule has 2 rings (SSSR count). The molecule has 0 radical (unpaired) electrons. The van der Waals surface area contributed by atoms with Crippen molar-refractivity contribution in [3.8, 4) is 0 Å². The van der Waals surface area contributed by atoms with Gasteiger partial charge in [0.25, 0.3) is 0 Å². The third-order valence-corrected chi connectivity index (χ3v) is 3.43. The maximum absolute atomic E-state index is 10.8. The normalized spacial score (nSPS) is 11.6. The SMILES string of the molecule is CC(C)(c1nccs1)n1cncc1C=O. The van der Waals surface area contributed by atoms with Gasteiger partial charge in [-0.2, -0.15) is 0 Å². The zero-order chi connectivity index (χ0) is 10.9. The lowest BCUT2D eigenvalue weighted by molar-refractivity contribution is 0.111. The molecule has 5 heteroatoms. The van der Waals surface area contributed by atoms with Crippen LogP contribution in [0.15, 0.2) is 24.1 Å². The zero-order valence-electron chi connectivity index (χ0n) is 8.54. The van der Waals surface area contributed by atoms with Crippen molar-refractivity contribution in [1.82, 2.24) is 14.5 Å². The van der Waals surface area contributed by atoms with Gasteiger partial charge in [0.2, 0.25) is 0 Å². The highest BCUT2D eigenvalue weighted by Crippen LogP contribution is 2.27. The van der Waals surface area contributed by atoms with E-state index in [1.165, 1.54) is 0 Å². The van der Waals surface area contributed by atoms with Crippen LogP contribution >= 0.6 is 11.3 Å². The molecule has 0 bridgehead atoms. The quantitative estimate of drug-likeness (QED) is 0.744. The fourth-order valence-corrected chi connectivity index (χ4v) is 2.25. The van der Waals surface area contributed by atoms with E-state index in [1.54, 1.807) is 30.1 Å². The number of thiazole rings is 1. The fraction of sp³-hybridized carbons (Fsp3) is 0.300. The minimum atomic E-state index is -0.332. The van der Waals surface area contributed by atoms with Crippen molar-refractivity contribution < 1.29 is 4.79 Å². The van der Waals surface area contributed by atoms with E-state index in [4.69, 9.17) is 0 Å². The highest BCUT2D eigenvalue weighted by molar-refractivity contribution is 7.09. The molecule has 0 amide bonds. The highest BCUT2D eigenvalue weighted by atomic mass is 32.1. The Kier molecular flexibility index (Phi) is 2.40. The van der Waals surface area contributed by atoms with E-state index in [-0.39, 0.29) is 5.54 Å². The third kappa shape index (κ3) is 1.59. The molecule has 0 saturated heterocycles. The van der Waals surface area contributed by atoms with E-state index in [1.807, 2.05) is 23.8 Å². The summed E-state index contributed by atoms with van der Waals surface area (Å²) in [7, 11) is 0. The maximum Gasteiger partial charge on any atom is 0.168 e. The summed E-state index contributed by atoms with van der Waals surface area (Å²) in [5.41, 5.74) is 0.233. The second-order valence-corrected chi connectivity index (χ2v) is 4.60. The number of hydrogen-bond donors (Lipinski definition) is 0. The molecule has 0 aliphatic heterocycles. The first-order valence-electron chi connectivity index (χ1n) is 4.54. The first-order valence-corrected chi connectivity index (χ1v) is 5.42. The standard InChI is InChI=1S/C10H11N3OS/c1-10(2,9-12-3-4-15-9)13-7-11-5-8(13)6-14/h3-7H,1-2H3. The van der Waals surface area contributed by atoms with E-state index < -0.39 is 0 Å². The summed E-state index contributed by atoms with van der Waals surface area (Å²) < 4.78 is 1.83. The lowest BCUT2D eigenvalue weighted by atomic mass is 10.1. The van der Waals surface area contributed by atoms with E-state index >= 15 is 0 Å². The van der Waals surface area contributed by atoms with Crippen LogP contribution in [0.3, 0.4) is 0 Å². The molecule has 0 saturated carbocycles. The number of nitrogens with zero attached hydrogens (tertiary/aromatic N) is 3. The van der Waals surface area contributed by atoms with Crippen LogP contribution in [0.25, 0.3) is 0 Å². The molecule has 0 aliphatic rings. The van der Waals surface area contributed by atoms with Crippen molar-refractivity contribution in [3.05, 3.63) is 34.8 Å². The Bertz CT molecular complexity index is 459. The monoisotopic (exact) mass is 221 g/mol. The average molecular weight is 221 g/mol. The molecule has 2 aromatic rings. The molecule has 78 valence electrons. The van der Waals surface area contributed by atoms with Crippen LogP contribution in [0.2, 0.25) is 0 Å². The maximum atomic E-state index is 10.8. The summed E-state index contributed by atoms with van der Waals surface area (Å²) >= 11 is 1.57. The Hall–Kier alpha value is -1.49. The predicted octanol–water partition coefficient (Wildman–Crippen LogP) is 1.94. The van der Waals surface area contributed by atoms with Crippen LogP contribution in [0.4, 0.5) is 0 Å². The van der Waals surface area contributed by atoms with Crippen molar-refractivity contribution in [2.24, 2.45) is 0 Å². The predicted molar refractivity (Wildman–Crippen MR) is 58.2 cm³/mol. The van der Waals surface area contributed by atoms with Gasteiger partial charge in [0.15, 0.2) is 6.29 Å². The number of carbonyl (C=O) groups excluding carboxylic acids is 1. The van der Waals surface area contributed by atoms with Gasteiger partial charge in [-0.05, 0) is 13.8 Å². The Morgan fingerprint density at radius 2 is 2.33 bits per heavy atom. The minimum absolute atomic E-state index is 0.332. The molecule has 0 aliphatic carbocycles. The van der Waals surface area contributed by atoms with Gasteiger partial charge < -0.3 is 4.57 Å². The zero-order valence-corrected chi connectivity index (χ0v) is 9.36. The third-order valence-electron chi connectivity index (χ3n) is 2.35. The molecule has 2 heterocycles. The van der Waals surface area contributed by atoms with Crippen LogP contribution in [-0.4, -0.2) is 20.8 Å². The summed E-state index contributed by atoms with van der Waals surface area (Å²) in [5, 5.41) is 2.89. The van der Waals surface area contributed by atoms with Gasteiger partial charge in [-0.3, -0.25) is 4.79 Å². The Balaban J connectivity index is 2.50. The van der Waals surface area contributed by atoms with Crippen LogP contribution in [-0.2, 0) is 5.54 Å². The van der Waals surface area contributed by atoms with Crippen LogP contribution in [0, 0.1) is 0 Å². The summed E-state index contributed by atoms with van der Waals surface area (Å²) in [6.45, 7) is 4.03. The lowest BCUT2D eigenvalue weighted by Gasteiger charge is -2.24. The molecule has 4 nitrogen and oxygen atoms in total. The summed E-state index contributed by atoms with van der Waals surface area (Å²) in [5.74, 6) is 0. The second kappa shape index (κ2) is 3.58. The van der Waals surface area contributed by atoms with Gasteiger partial charge in [0.05, 0.1) is 18.1 Å². The minimum Gasteiger partial charge on any atom is -0.316 e. The number of carbonyl (C=O) groups is 1. The van der Waals surface area contributed by atoms with Gasteiger partial charge in [-0.25, -0.2) is 9.97 Å². The van der Waals surface area contributed by atoms with Gasteiger partial charge >= 0.3 is 0 Å². The number of aromatic nitrogens is 3. The summed E-state index contributed by atoms with van der Waals surface area (Å²) in [6, 6.07) is 0. The first-order chi connectivity index (χ1) is 7.16. The molecular formula is C10H11N3OS. The van der Waals surface area contributed by atoms with E-state index in [9.17, 15) is 4.79 Å². The lowest BCUT2D eigenvalue weighted by Crippen LogP contribution is -2.28. The Morgan fingerprint density at radius 1 is 1.53 bits per heavy atom. The van der Waals surface area contributed by atoms with Crippen LogP contribution < -0.4 is 0 Å². The van der Waals surface area contributed by atoms with Crippen LogP contribution in [0.1, 0.15) is 29.3 Å². The largest absolute Gasteiger partial charge is 0.316 e. The molecular weight excluding hydrogens is 210 g/mol. The van der Waals surface area contributed by atoms with E-state index in [0.717, 1.165) is 11.3 Å². The highest BCUT2D eigenvalue weighted by Gasteiger charge is 2.27. The van der Waals surface area contributed by atoms with Crippen LogP contribution in [0.5, 0.6) is 0 Å². The van der Waals surface area contributed by atoms with E-state index in [0.29, 0.717) is 5.69 Å². The Morgan fingerprint density at radius 3 is 2.93 bits per heavy atom. The molecule has 2 aromatic heterocycles. The fourth-order valence-electron chi connectivity index (χ4n) is 1.49. The summed E-state index contributed by atoms with van der Waals surface area (Å²) in [6.07, 6.45) is 5.79. The first kappa shape index (κ1) is 10.0. The van der Waals surface area contributed by atoms with Gasteiger partial charge in [0.1, 0.15) is 10.7 Å². The number of imidazole rings is 1. The van der Waals surface area contributed by atoms with Crippen molar-refractivity contribution in [3.63, 3.8) is 0 Å². The molecule has 0 unspecified atom stereocenters. The van der Waals surface area contributed by atoms with Gasteiger partial charge in [0, 0.05) is 11.6 Å². The molecule has 0 N–H and O–H groups in total. The average Bonchev–Trinajstić information content (AvgIpc) is 2.89. The van der Waals surface area contributed by atoms with Crippen molar-refractivity contribution in [1.29, 1.82) is 0 Å². The van der Waals surface area contributed by atoms with Gasteiger partial charge in [-0.15, -0.1) is 11.3 Å². The van der Waals surface area contributed by atoms with Crippen molar-refractivity contribution in [2.75, 3.05) is 0 Å². The second-order valence-electron chi connectivity index (χ2n) is 3.70. The molecule has 0 spiro atoms. The summed E-state index contributed by atoms with van der Waals surface area (Å²) in [4.78, 5) is 19.1. The number of hydrogen-bond acceptors (Lipinski definition) is 4. The smallest absolute Gasteiger partial charge is 0.168 e. The topological polar surface area (TPSA) is 47.8 Å². The molecule has 15 heavy (non-hydrogen) atoms. The molecule has 0 fully saturated rings. The van der Waals surface area contributed by atoms with Gasteiger partial charge in [-0.1, -0.05) is 0 Å². The molecule has 0 aromatic carbocycles. The Labute approximate surface area is 91.6 Å².